The Labute approximate surface area is 157 Å². The predicted octanol–water partition coefficient (Wildman–Crippen LogP) is 2.98. The quantitative estimate of drug-likeness (QED) is 0.856. The van der Waals surface area contributed by atoms with E-state index < -0.39 is 10.0 Å². The van der Waals surface area contributed by atoms with Crippen molar-refractivity contribution in [1.29, 1.82) is 0 Å². The van der Waals surface area contributed by atoms with E-state index in [1.165, 1.54) is 10.4 Å². The Hall–Kier alpha value is -1.90. The van der Waals surface area contributed by atoms with Gasteiger partial charge >= 0.3 is 0 Å². The molecule has 1 aromatic heterocycles. The van der Waals surface area contributed by atoms with Gasteiger partial charge in [0.15, 0.2) is 5.82 Å². The maximum Gasteiger partial charge on any atom is 0.243 e. The third-order valence-corrected chi connectivity index (χ3v) is 6.79. The van der Waals surface area contributed by atoms with E-state index in [0.29, 0.717) is 29.4 Å². The van der Waals surface area contributed by atoms with E-state index in [9.17, 15) is 13.2 Å². The summed E-state index contributed by atoms with van der Waals surface area (Å²) in [6.07, 6.45) is 0.892. The number of anilines is 1. The second-order valence-electron chi connectivity index (χ2n) is 6.40. The lowest BCUT2D eigenvalue weighted by molar-refractivity contribution is -0.120. The molecule has 140 valence electrons. The Bertz CT molecular complexity index is 918. The Morgan fingerprint density at radius 2 is 1.96 bits per heavy atom. The maximum atomic E-state index is 12.8. The highest BCUT2D eigenvalue weighted by Gasteiger charge is 2.32. The average Bonchev–Trinajstić information content (AvgIpc) is 3.02. The van der Waals surface area contributed by atoms with Crippen molar-refractivity contribution >= 4 is 33.3 Å². The zero-order chi connectivity index (χ0) is 18.9. The van der Waals surface area contributed by atoms with Crippen LogP contribution in [-0.2, 0) is 14.8 Å². The maximum absolute atomic E-state index is 12.8. The van der Waals surface area contributed by atoms with Gasteiger partial charge in [-0.3, -0.25) is 4.79 Å². The fourth-order valence-electron chi connectivity index (χ4n) is 2.90. The SMILES string of the molecule is Cc1cc(NC(=O)C2CCN(S(=O)(=O)c3ccc(C)c(Cl)c3)CC2)no1. The van der Waals surface area contributed by atoms with Gasteiger partial charge in [-0.25, -0.2) is 8.42 Å². The van der Waals surface area contributed by atoms with Crippen LogP contribution in [0.5, 0.6) is 0 Å². The largest absolute Gasteiger partial charge is 0.360 e. The van der Waals surface area contributed by atoms with E-state index in [1.54, 1.807) is 25.1 Å². The molecular weight excluding hydrogens is 378 g/mol. The first kappa shape index (κ1) is 18.9. The second-order valence-corrected chi connectivity index (χ2v) is 8.75. The van der Waals surface area contributed by atoms with Crippen LogP contribution >= 0.6 is 11.6 Å². The summed E-state index contributed by atoms with van der Waals surface area (Å²) in [5.41, 5.74) is 0.823. The number of halogens is 1. The van der Waals surface area contributed by atoms with Crippen LogP contribution in [0.15, 0.2) is 33.7 Å². The smallest absolute Gasteiger partial charge is 0.243 e. The topological polar surface area (TPSA) is 92.5 Å². The molecule has 2 aromatic rings. The number of nitrogens with one attached hydrogen (secondary N) is 1. The summed E-state index contributed by atoms with van der Waals surface area (Å²) in [5, 5.41) is 6.86. The van der Waals surface area contributed by atoms with Gasteiger partial charge in [0, 0.05) is 30.1 Å². The lowest BCUT2D eigenvalue weighted by atomic mass is 9.97. The Morgan fingerprint density at radius 1 is 1.27 bits per heavy atom. The summed E-state index contributed by atoms with van der Waals surface area (Å²) >= 11 is 6.05. The van der Waals surface area contributed by atoms with E-state index in [0.717, 1.165) is 5.56 Å². The molecule has 0 saturated carbocycles. The number of hydrogen-bond donors (Lipinski definition) is 1. The number of aryl methyl sites for hydroxylation is 2. The van der Waals surface area contributed by atoms with Crippen LogP contribution in [0.2, 0.25) is 5.02 Å². The molecule has 3 rings (SSSR count). The van der Waals surface area contributed by atoms with Gasteiger partial charge in [0.05, 0.1) is 4.90 Å². The molecule has 0 atom stereocenters. The van der Waals surface area contributed by atoms with E-state index in [4.69, 9.17) is 16.1 Å². The molecule has 1 amide bonds. The minimum Gasteiger partial charge on any atom is -0.360 e. The number of sulfonamides is 1. The van der Waals surface area contributed by atoms with Crippen LogP contribution in [0.4, 0.5) is 5.82 Å². The molecular formula is C17H20ClN3O4S. The number of carbonyl (C=O) groups is 1. The molecule has 26 heavy (non-hydrogen) atoms. The molecule has 0 bridgehead atoms. The van der Waals surface area contributed by atoms with E-state index in [1.807, 2.05) is 6.92 Å². The highest BCUT2D eigenvalue weighted by atomic mass is 35.5. The highest BCUT2D eigenvalue weighted by molar-refractivity contribution is 7.89. The number of rotatable bonds is 4. The Balaban J connectivity index is 1.63. The van der Waals surface area contributed by atoms with Crippen molar-refractivity contribution in [2.75, 3.05) is 18.4 Å². The van der Waals surface area contributed by atoms with E-state index >= 15 is 0 Å². The molecule has 1 aliphatic rings. The fourth-order valence-corrected chi connectivity index (χ4v) is 4.64. The van der Waals surface area contributed by atoms with Gasteiger partial charge in [0.2, 0.25) is 15.9 Å². The van der Waals surface area contributed by atoms with Crippen LogP contribution < -0.4 is 5.32 Å². The van der Waals surface area contributed by atoms with Crippen LogP contribution in [0, 0.1) is 19.8 Å². The third kappa shape index (κ3) is 3.92. The normalized spacial score (nSPS) is 16.6. The third-order valence-electron chi connectivity index (χ3n) is 4.49. The average molecular weight is 398 g/mol. The van der Waals surface area contributed by atoms with Gasteiger partial charge in [0.25, 0.3) is 0 Å². The van der Waals surface area contributed by atoms with Gasteiger partial charge in [-0.1, -0.05) is 22.8 Å². The Kier molecular flexibility index (Phi) is 5.36. The summed E-state index contributed by atoms with van der Waals surface area (Å²) in [6.45, 7) is 4.12. The highest BCUT2D eigenvalue weighted by Crippen LogP contribution is 2.27. The van der Waals surface area contributed by atoms with Crippen molar-refractivity contribution in [3.8, 4) is 0 Å². The molecule has 1 saturated heterocycles. The molecule has 0 aliphatic carbocycles. The van der Waals surface area contributed by atoms with E-state index in [2.05, 4.69) is 10.5 Å². The molecule has 9 heteroatoms. The van der Waals surface area contributed by atoms with Crippen molar-refractivity contribution < 1.29 is 17.7 Å². The molecule has 0 unspecified atom stereocenters. The zero-order valence-corrected chi connectivity index (χ0v) is 16.1. The Morgan fingerprint density at radius 3 is 2.54 bits per heavy atom. The molecule has 0 radical (unpaired) electrons. The molecule has 0 spiro atoms. The van der Waals surface area contributed by atoms with Gasteiger partial charge in [0.1, 0.15) is 5.76 Å². The van der Waals surface area contributed by atoms with Gasteiger partial charge in [-0.05, 0) is 44.4 Å². The first-order valence-corrected chi connectivity index (χ1v) is 10.1. The summed E-state index contributed by atoms with van der Waals surface area (Å²) < 4.78 is 31.8. The fraction of sp³-hybridized carbons (Fsp3) is 0.412. The summed E-state index contributed by atoms with van der Waals surface area (Å²) in [4.78, 5) is 12.5. The van der Waals surface area contributed by atoms with Gasteiger partial charge < -0.3 is 9.84 Å². The van der Waals surface area contributed by atoms with Crippen LogP contribution in [-0.4, -0.2) is 36.9 Å². The van der Waals surface area contributed by atoms with Gasteiger partial charge in [-0.2, -0.15) is 4.31 Å². The standard InChI is InChI=1S/C17H20ClN3O4S/c1-11-3-4-14(10-15(11)18)26(23,24)21-7-5-13(6-8-21)17(22)19-16-9-12(2)25-20-16/h3-4,9-10,13H,5-8H2,1-2H3,(H,19,20,22). The lowest BCUT2D eigenvalue weighted by Gasteiger charge is -2.30. The molecule has 1 N–H and O–H groups in total. The molecule has 7 nitrogen and oxygen atoms in total. The second kappa shape index (κ2) is 7.38. The van der Waals surface area contributed by atoms with Crippen molar-refractivity contribution in [1.82, 2.24) is 9.46 Å². The van der Waals surface area contributed by atoms with Crippen molar-refractivity contribution in [2.24, 2.45) is 5.92 Å². The number of nitrogens with zero attached hydrogens (tertiary/aromatic N) is 2. The number of piperidine rings is 1. The van der Waals surface area contributed by atoms with Gasteiger partial charge in [-0.15, -0.1) is 0 Å². The summed E-state index contributed by atoms with van der Waals surface area (Å²) in [6, 6.07) is 6.36. The molecule has 2 heterocycles. The van der Waals surface area contributed by atoms with Crippen molar-refractivity contribution in [2.45, 2.75) is 31.6 Å². The molecule has 1 fully saturated rings. The van der Waals surface area contributed by atoms with Crippen molar-refractivity contribution in [3.05, 3.63) is 40.6 Å². The van der Waals surface area contributed by atoms with Crippen LogP contribution in [0.1, 0.15) is 24.2 Å². The minimum absolute atomic E-state index is 0.172. The van der Waals surface area contributed by atoms with Crippen molar-refractivity contribution in [3.63, 3.8) is 0 Å². The number of amides is 1. The molecule has 1 aliphatic heterocycles. The number of carbonyl (C=O) groups excluding carboxylic acids is 1. The summed E-state index contributed by atoms with van der Waals surface area (Å²) in [5.74, 6) is 0.545. The van der Waals surface area contributed by atoms with Crippen LogP contribution in [0.3, 0.4) is 0 Å². The minimum atomic E-state index is -3.62. The first-order valence-electron chi connectivity index (χ1n) is 8.28. The molecule has 1 aromatic carbocycles. The van der Waals surface area contributed by atoms with E-state index in [-0.39, 0.29) is 29.8 Å². The number of aromatic nitrogens is 1. The lowest BCUT2D eigenvalue weighted by Crippen LogP contribution is -2.41. The monoisotopic (exact) mass is 397 g/mol. The zero-order valence-electron chi connectivity index (χ0n) is 14.5. The van der Waals surface area contributed by atoms with Crippen LogP contribution in [0.25, 0.3) is 0 Å². The summed E-state index contributed by atoms with van der Waals surface area (Å²) in [7, 11) is -3.62. The number of hydrogen-bond acceptors (Lipinski definition) is 5. The first-order chi connectivity index (χ1) is 12.3. The predicted molar refractivity (Wildman–Crippen MR) is 97.5 cm³/mol. The number of benzene rings is 1.